The number of rotatable bonds is 6. The summed E-state index contributed by atoms with van der Waals surface area (Å²) < 4.78 is 5.21. The highest BCUT2D eigenvalue weighted by Crippen LogP contribution is 2.30. The SMILES string of the molecule is COc1ccc(CCN2C(=O)CN(C)C2c2cnc(-c3ccccc3)[nH]2)cc1. The number of aromatic amines is 1. The number of aromatic nitrogens is 2. The van der Waals surface area contributed by atoms with Crippen molar-refractivity contribution < 1.29 is 9.53 Å². The first-order valence-electron chi connectivity index (χ1n) is 9.38. The number of nitrogens with zero attached hydrogens (tertiary/aromatic N) is 3. The summed E-state index contributed by atoms with van der Waals surface area (Å²) in [6, 6.07) is 18.0. The number of benzene rings is 2. The van der Waals surface area contributed by atoms with Gasteiger partial charge in [-0.3, -0.25) is 9.69 Å². The molecule has 0 saturated carbocycles. The number of carbonyl (C=O) groups excluding carboxylic acids is 1. The van der Waals surface area contributed by atoms with E-state index in [0.29, 0.717) is 13.1 Å². The Morgan fingerprint density at radius 1 is 1.14 bits per heavy atom. The van der Waals surface area contributed by atoms with E-state index >= 15 is 0 Å². The Morgan fingerprint density at radius 2 is 1.89 bits per heavy atom. The summed E-state index contributed by atoms with van der Waals surface area (Å²) in [5.74, 6) is 1.79. The van der Waals surface area contributed by atoms with Gasteiger partial charge < -0.3 is 14.6 Å². The van der Waals surface area contributed by atoms with Crippen molar-refractivity contribution >= 4 is 5.91 Å². The fourth-order valence-corrected chi connectivity index (χ4v) is 3.67. The molecule has 1 amide bonds. The van der Waals surface area contributed by atoms with Crippen LogP contribution in [0.1, 0.15) is 17.4 Å². The zero-order valence-electron chi connectivity index (χ0n) is 16.1. The van der Waals surface area contributed by atoms with E-state index in [1.165, 1.54) is 5.56 Å². The maximum atomic E-state index is 12.6. The lowest BCUT2D eigenvalue weighted by Crippen LogP contribution is -2.33. The topological polar surface area (TPSA) is 61.5 Å². The molecular weight excluding hydrogens is 352 g/mol. The lowest BCUT2D eigenvalue weighted by atomic mass is 10.1. The van der Waals surface area contributed by atoms with Gasteiger partial charge in [-0.15, -0.1) is 0 Å². The van der Waals surface area contributed by atoms with Crippen molar-refractivity contribution in [2.45, 2.75) is 12.6 Å². The van der Waals surface area contributed by atoms with Crippen LogP contribution in [0.4, 0.5) is 0 Å². The Hall–Kier alpha value is -3.12. The second-order valence-corrected chi connectivity index (χ2v) is 7.03. The van der Waals surface area contributed by atoms with E-state index < -0.39 is 0 Å². The van der Waals surface area contributed by atoms with Crippen LogP contribution in [0.25, 0.3) is 11.4 Å². The molecule has 1 aliphatic rings. The standard InChI is InChI=1S/C22H24N4O2/c1-25-15-20(27)26(13-12-16-8-10-18(28-2)11-9-16)22(25)19-14-23-21(24-19)17-6-4-3-5-7-17/h3-11,14,22H,12-13,15H2,1-2H3,(H,23,24). The van der Waals surface area contributed by atoms with E-state index in [9.17, 15) is 4.79 Å². The van der Waals surface area contributed by atoms with Gasteiger partial charge in [0.1, 0.15) is 17.7 Å². The Morgan fingerprint density at radius 3 is 2.61 bits per heavy atom. The molecule has 0 aliphatic carbocycles. The van der Waals surface area contributed by atoms with Gasteiger partial charge in [0.25, 0.3) is 0 Å². The molecule has 28 heavy (non-hydrogen) atoms. The molecule has 1 fully saturated rings. The van der Waals surface area contributed by atoms with Crippen molar-refractivity contribution in [1.29, 1.82) is 0 Å². The largest absolute Gasteiger partial charge is 0.497 e. The molecule has 1 aromatic heterocycles. The van der Waals surface area contributed by atoms with Gasteiger partial charge in [0.05, 0.1) is 25.5 Å². The molecule has 6 nitrogen and oxygen atoms in total. The van der Waals surface area contributed by atoms with Gasteiger partial charge in [-0.1, -0.05) is 42.5 Å². The molecule has 4 rings (SSSR count). The Bertz CT molecular complexity index is 937. The first kappa shape index (κ1) is 18.3. The average molecular weight is 376 g/mol. The van der Waals surface area contributed by atoms with Gasteiger partial charge in [-0.05, 0) is 31.2 Å². The molecule has 1 atom stereocenters. The Labute approximate surface area is 164 Å². The summed E-state index contributed by atoms with van der Waals surface area (Å²) >= 11 is 0. The van der Waals surface area contributed by atoms with Crippen LogP contribution in [-0.4, -0.2) is 52.9 Å². The third kappa shape index (κ3) is 3.64. The summed E-state index contributed by atoms with van der Waals surface area (Å²) in [5.41, 5.74) is 3.14. The molecule has 6 heteroatoms. The maximum absolute atomic E-state index is 12.6. The van der Waals surface area contributed by atoms with Crippen molar-refractivity contribution in [2.75, 3.05) is 27.2 Å². The van der Waals surface area contributed by atoms with E-state index in [-0.39, 0.29) is 12.1 Å². The van der Waals surface area contributed by atoms with Crippen LogP contribution in [0.5, 0.6) is 5.75 Å². The summed E-state index contributed by atoms with van der Waals surface area (Å²) in [6.07, 6.45) is 2.50. The number of methoxy groups -OCH3 is 1. The van der Waals surface area contributed by atoms with Gasteiger partial charge in [0, 0.05) is 12.1 Å². The molecule has 0 bridgehead atoms. The highest BCUT2D eigenvalue weighted by molar-refractivity contribution is 5.80. The monoisotopic (exact) mass is 376 g/mol. The number of H-pyrrole nitrogens is 1. The Balaban J connectivity index is 1.51. The van der Waals surface area contributed by atoms with Gasteiger partial charge in [0.2, 0.25) is 5.91 Å². The van der Waals surface area contributed by atoms with Gasteiger partial charge in [-0.25, -0.2) is 4.98 Å². The van der Waals surface area contributed by atoms with Crippen molar-refractivity contribution in [1.82, 2.24) is 19.8 Å². The van der Waals surface area contributed by atoms with Gasteiger partial charge >= 0.3 is 0 Å². The minimum Gasteiger partial charge on any atom is -0.497 e. The summed E-state index contributed by atoms with van der Waals surface area (Å²) in [6.45, 7) is 1.06. The van der Waals surface area contributed by atoms with Gasteiger partial charge in [-0.2, -0.15) is 0 Å². The van der Waals surface area contributed by atoms with E-state index in [2.05, 4.69) is 14.9 Å². The second-order valence-electron chi connectivity index (χ2n) is 7.03. The summed E-state index contributed by atoms with van der Waals surface area (Å²) in [5, 5.41) is 0. The van der Waals surface area contributed by atoms with E-state index in [1.807, 2.05) is 72.7 Å². The van der Waals surface area contributed by atoms with Crippen LogP contribution >= 0.6 is 0 Å². The first-order chi connectivity index (χ1) is 13.7. The lowest BCUT2D eigenvalue weighted by molar-refractivity contribution is -0.128. The highest BCUT2D eigenvalue weighted by atomic mass is 16.5. The lowest BCUT2D eigenvalue weighted by Gasteiger charge is -2.27. The quantitative estimate of drug-likeness (QED) is 0.718. The number of hydrogen-bond acceptors (Lipinski definition) is 4. The van der Waals surface area contributed by atoms with E-state index in [4.69, 9.17) is 4.74 Å². The van der Waals surface area contributed by atoms with Crippen molar-refractivity contribution in [3.8, 4) is 17.1 Å². The Kier molecular flexibility index (Phi) is 5.12. The second kappa shape index (κ2) is 7.86. The molecule has 1 unspecified atom stereocenters. The number of nitrogens with one attached hydrogen (secondary N) is 1. The molecule has 1 N–H and O–H groups in total. The number of amides is 1. The minimum absolute atomic E-state index is 0.129. The van der Waals surface area contributed by atoms with Crippen molar-refractivity contribution in [3.63, 3.8) is 0 Å². The number of carbonyl (C=O) groups is 1. The predicted molar refractivity (Wildman–Crippen MR) is 108 cm³/mol. The molecule has 144 valence electrons. The van der Waals surface area contributed by atoms with Crippen LogP contribution in [0.3, 0.4) is 0 Å². The van der Waals surface area contributed by atoms with Crippen molar-refractivity contribution in [2.24, 2.45) is 0 Å². The maximum Gasteiger partial charge on any atom is 0.238 e. The molecule has 2 heterocycles. The summed E-state index contributed by atoms with van der Waals surface area (Å²) in [4.78, 5) is 24.5. The minimum atomic E-state index is -0.129. The van der Waals surface area contributed by atoms with Gasteiger partial charge in [0.15, 0.2) is 0 Å². The fraction of sp³-hybridized carbons (Fsp3) is 0.273. The third-order valence-corrected chi connectivity index (χ3v) is 5.14. The van der Waals surface area contributed by atoms with Crippen LogP contribution in [-0.2, 0) is 11.2 Å². The average Bonchev–Trinajstić information content (AvgIpc) is 3.31. The smallest absolute Gasteiger partial charge is 0.238 e. The zero-order chi connectivity index (χ0) is 19.5. The normalized spacial score (nSPS) is 17.3. The predicted octanol–water partition coefficient (Wildman–Crippen LogP) is 3.10. The first-order valence-corrected chi connectivity index (χ1v) is 9.38. The van der Waals surface area contributed by atoms with Crippen LogP contribution in [0.15, 0.2) is 60.8 Å². The highest BCUT2D eigenvalue weighted by Gasteiger charge is 2.37. The van der Waals surface area contributed by atoms with Crippen LogP contribution < -0.4 is 4.74 Å². The summed E-state index contributed by atoms with van der Waals surface area (Å²) in [7, 11) is 3.63. The molecule has 3 aromatic rings. The molecule has 2 aromatic carbocycles. The number of ether oxygens (including phenoxy) is 1. The van der Waals surface area contributed by atoms with E-state index in [1.54, 1.807) is 7.11 Å². The number of hydrogen-bond donors (Lipinski definition) is 1. The molecule has 0 spiro atoms. The number of imidazole rings is 1. The fourth-order valence-electron chi connectivity index (χ4n) is 3.67. The zero-order valence-corrected chi connectivity index (χ0v) is 16.1. The number of likely N-dealkylation sites (N-methyl/N-ethyl adjacent to an activating group) is 1. The van der Waals surface area contributed by atoms with Crippen LogP contribution in [0, 0.1) is 0 Å². The van der Waals surface area contributed by atoms with Crippen molar-refractivity contribution in [3.05, 3.63) is 72.1 Å². The third-order valence-electron chi connectivity index (χ3n) is 5.14. The van der Waals surface area contributed by atoms with E-state index in [0.717, 1.165) is 29.3 Å². The molecule has 0 radical (unpaired) electrons. The molecular formula is C22H24N4O2. The molecule has 1 aliphatic heterocycles. The molecule has 1 saturated heterocycles. The van der Waals surface area contributed by atoms with Crippen LogP contribution in [0.2, 0.25) is 0 Å².